The molecule has 1 aromatic heterocycles. The summed E-state index contributed by atoms with van der Waals surface area (Å²) in [5, 5.41) is 3.06. The zero-order valence-electron chi connectivity index (χ0n) is 6.38. The first kappa shape index (κ1) is 8.01. The van der Waals surface area contributed by atoms with E-state index < -0.39 is 0 Å². The fraction of sp³-hybridized carbons (Fsp3) is 0.250. The summed E-state index contributed by atoms with van der Waals surface area (Å²) < 4.78 is 0. The van der Waals surface area contributed by atoms with Crippen LogP contribution < -0.4 is 11.1 Å². The molecule has 0 spiro atoms. The minimum Gasteiger partial charge on any atom is -0.369 e. The minimum atomic E-state index is 0.614. The van der Waals surface area contributed by atoms with Crippen molar-refractivity contribution in [3.63, 3.8) is 0 Å². The molecule has 0 amide bonds. The van der Waals surface area contributed by atoms with Crippen LogP contribution in [0.4, 0.5) is 5.82 Å². The zero-order chi connectivity index (χ0) is 8.10. The van der Waals surface area contributed by atoms with E-state index in [-0.39, 0.29) is 0 Å². The van der Waals surface area contributed by atoms with Gasteiger partial charge in [-0.15, -0.1) is 0 Å². The first-order chi connectivity index (χ1) is 5.33. The van der Waals surface area contributed by atoms with Gasteiger partial charge in [-0.1, -0.05) is 6.07 Å². The molecule has 0 aliphatic heterocycles. The smallest absolute Gasteiger partial charge is 0.126 e. The highest BCUT2D eigenvalue weighted by Gasteiger charge is 1.90. The van der Waals surface area contributed by atoms with E-state index in [9.17, 15) is 0 Å². The SMILES string of the molecule is [CH2]c1cccc(NCCN)n1. The standard InChI is InChI=1S/C8H12N3/c1-7-3-2-4-8(11-7)10-6-5-9/h2-4H,1,5-6,9H2,(H,10,11). The molecule has 0 unspecified atom stereocenters. The second-order valence-electron chi connectivity index (χ2n) is 2.23. The highest BCUT2D eigenvalue weighted by Crippen LogP contribution is 2.01. The Morgan fingerprint density at radius 3 is 3.00 bits per heavy atom. The van der Waals surface area contributed by atoms with Crippen LogP contribution in [0.3, 0.4) is 0 Å². The summed E-state index contributed by atoms with van der Waals surface area (Å²) in [5.74, 6) is 0.836. The fourth-order valence-corrected chi connectivity index (χ4v) is 0.778. The number of nitrogens with two attached hydrogens (primary N) is 1. The molecule has 1 heterocycles. The molecular weight excluding hydrogens is 138 g/mol. The van der Waals surface area contributed by atoms with Crippen molar-refractivity contribution < 1.29 is 0 Å². The molecule has 3 nitrogen and oxygen atoms in total. The van der Waals surface area contributed by atoms with Crippen LogP contribution in [0.15, 0.2) is 18.2 Å². The van der Waals surface area contributed by atoms with Crippen LogP contribution in [-0.2, 0) is 0 Å². The third kappa shape index (κ3) is 2.55. The summed E-state index contributed by atoms with van der Waals surface area (Å²) in [4.78, 5) is 4.13. The summed E-state index contributed by atoms with van der Waals surface area (Å²) in [6.07, 6.45) is 0. The maximum absolute atomic E-state index is 5.31. The van der Waals surface area contributed by atoms with Crippen LogP contribution >= 0.6 is 0 Å². The van der Waals surface area contributed by atoms with Crippen LogP contribution in [0.5, 0.6) is 0 Å². The van der Waals surface area contributed by atoms with E-state index in [2.05, 4.69) is 17.2 Å². The summed E-state index contributed by atoms with van der Waals surface area (Å²) in [7, 11) is 0. The van der Waals surface area contributed by atoms with Gasteiger partial charge in [0.2, 0.25) is 0 Å². The highest BCUT2D eigenvalue weighted by molar-refractivity contribution is 5.35. The van der Waals surface area contributed by atoms with E-state index in [1.54, 1.807) is 0 Å². The molecule has 0 aliphatic rings. The Kier molecular flexibility index (Phi) is 2.86. The van der Waals surface area contributed by atoms with Gasteiger partial charge in [0.15, 0.2) is 0 Å². The van der Waals surface area contributed by atoms with Gasteiger partial charge in [0, 0.05) is 18.8 Å². The van der Waals surface area contributed by atoms with Gasteiger partial charge in [-0.2, -0.15) is 0 Å². The molecule has 1 aromatic rings. The third-order valence-corrected chi connectivity index (χ3v) is 1.26. The Bertz CT molecular complexity index is 222. The Morgan fingerprint density at radius 2 is 2.36 bits per heavy atom. The average molecular weight is 150 g/mol. The lowest BCUT2D eigenvalue weighted by Gasteiger charge is -2.02. The van der Waals surface area contributed by atoms with Crippen LogP contribution in [-0.4, -0.2) is 18.1 Å². The Hall–Kier alpha value is -1.09. The average Bonchev–Trinajstić information content (AvgIpc) is 2.01. The van der Waals surface area contributed by atoms with Crippen molar-refractivity contribution in [3.05, 3.63) is 30.8 Å². The number of rotatable bonds is 3. The van der Waals surface area contributed by atoms with Crippen LogP contribution in [0.25, 0.3) is 0 Å². The van der Waals surface area contributed by atoms with E-state index in [4.69, 9.17) is 5.73 Å². The van der Waals surface area contributed by atoms with Gasteiger partial charge in [-0.05, 0) is 19.1 Å². The number of pyridine rings is 1. The first-order valence-corrected chi connectivity index (χ1v) is 3.56. The topological polar surface area (TPSA) is 50.9 Å². The van der Waals surface area contributed by atoms with Gasteiger partial charge in [0.1, 0.15) is 5.82 Å². The molecule has 0 aromatic carbocycles. The summed E-state index contributed by atoms with van der Waals surface area (Å²) in [5.41, 5.74) is 6.08. The number of hydrogen-bond acceptors (Lipinski definition) is 3. The molecule has 59 valence electrons. The van der Waals surface area contributed by atoms with Gasteiger partial charge in [-0.25, -0.2) is 4.98 Å². The molecule has 0 saturated heterocycles. The van der Waals surface area contributed by atoms with E-state index in [1.807, 2.05) is 18.2 Å². The van der Waals surface area contributed by atoms with Crippen molar-refractivity contribution in [2.45, 2.75) is 0 Å². The van der Waals surface area contributed by atoms with Crippen molar-refractivity contribution in [2.75, 3.05) is 18.4 Å². The Labute approximate surface area is 66.6 Å². The highest BCUT2D eigenvalue weighted by atomic mass is 15.0. The van der Waals surface area contributed by atoms with Crippen LogP contribution in [0.2, 0.25) is 0 Å². The molecule has 0 aliphatic carbocycles. The van der Waals surface area contributed by atoms with Gasteiger partial charge < -0.3 is 11.1 Å². The first-order valence-electron chi connectivity index (χ1n) is 3.56. The van der Waals surface area contributed by atoms with Crippen molar-refractivity contribution in [3.8, 4) is 0 Å². The van der Waals surface area contributed by atoms with Crippen molar-refractivity contribution >= 4 is 5.82 Å². The van der Waals surface area contributed by atoms with E-state index in [0.29, 0.717) is 6.54 Å². The minimum absolute atomic E-state index is 0.614. The number of nitrogens with one attached hydrogen (secondary N) is 1. The molecule has 0 fully saturated rings. The number of nitrogens with zero attached hydrogens (tertiary/aromatic N) is 1. The summed E-state index contributed by atoms with van der Waals surface area (Å²) >= 11 is 0. The van der Waals surface area contributed by atoms with Gasteiger partial charge in [0.05, 0.1) is 0 Å². The monoisotopic (exact) mass is 150 g/mol. The zero-order valence-corrected chi connectivity index (χ0v) is 6.38. The van der Waals surface area contributed by atoms with E-state index in [1.165, 1.54) is 0 Å². The number of anilines is 1. The van der Waals surface area contributed by atoms with E-state index in [0.717, 1.165) is 18.1 Å². The maximum atomic E-state index is 5.31. The van der Waals surface area contributed by atoms with E-state index >= 15 is 0 Å². The summed E-state index contributed by atoms with van der Waals surface area (Å²) in [6, 6.07) is 5.66. The molecule has 0 saturated carbocycles. The number of hydrogen-bond donors (Lipinski definition) is 2. The van der Waals surface area contributed by atoms with Crippen molar-refractivity contribution in [2.24, 2.45) is 5.73 Å². The lowest BCUT2D eigenvalue weighted by atomic mass is 10.4. The fourth-order valence-electron chi connectivity index (χ4n) is 0.778. The molecule has 0 atom stereocenters. The quantitative estimate of drug-likeness (QED) is 0.664. The molecule has 11 heavy (non-hydrogen) atoms. The molecule has 0 bridgehead atoms. The maximum Gasteiger partial charge on any atom is 0.126 e. The largest absolute Gasteiger partial charge is 0.369 e. The lowest BCUT2D eigenvalue weighted by molar-refractivity contribution is 1.01. The molecule has 1 radical (unpaired) electrons. The molecule has 3 N–H and O–H groups in total. The van der Waals surface area contributed by atoms with Gasteiger partial charge >= 0.3 is 0 Å². The molecule has 1 rings (SSSR count). The predicted octanol–water partition coefficient (Wildman–Crippen LogP) is 0.634. The second kappa shape index (κ2) is 3.93. The van der Waals surface area contributed by atoms with Crippen molar-refractivity contribution in [1.82, 2.24) is 4.98 Å². The van der Waals surface area contributed by atoms with Crippen LogP contribution in [0.1, 0.15) is 5.69 Å². The Morgan fingerprint density at radius 1 is 1.55 bits per heavy atom. The Balaban J connectivity index is 2.56. The molecular formula is C8H12N3. The predicted molar refractivity (Wildman–Crippen MR) is 46.2 cm³/mol. The molecule has 3 heteroatoms. The normalized spacial score (nSPS) is 9.64. The second-order valence-corrected chi connectivity index (χ2v) is 2.23. The van der Waals surface area contributed by atoms with Gasteiger partial charge in [-0.3, -0.25) is 0 Å². The van der Waals surface area contributed by atoms with Crippen molar-refractivity contribution in [1.29, 1.82) is 0 Å². The third-order valence-electron chi connectivity index (χ3n) is 1.26. The van der Waals surface area contributed by atoms with Gasteiger partial charge in [0.25, 0.3) is 0 Å². The summed E-state index contributed by atoms with van der Waals surface area (Å²) in [6.45, 7) is 5.07. The number of aromatic nitrogens is 1. The van der Waals surface area contributed by atoms with Crippen LogP contribution in [0, 0.1) is 6.92 Å². The lowest BCUT2D eigenvalue weighted by Crippen LogP contribution is -2.13.